The Morgan fingerprint density at radius 1 is 0.846 bits per heavy atom. The molecule has 0 fully saturated rings. The van der Waals surface area contributed by atoms with E-state index in [-0.39, 0.29) is 0 Å². The third-order valence-corrected chi connectivity index (χ3v) is 6.51. The van der Waals surface area contributed by atoms with Crippen LogP contribution in [0.3, 0.4) is 0 Å². The Bertz CT molecular complexity index is 236. The minimum atomic E-state index is -0.729. The third kappa shape index (κ3) is 2.14. The maximum absolute atomic E-state index is 6.16. The van der Waals surface area contributed by atoms with Crippen molar-refractivity contribution >= 4 is 8.51 Å². The summed E-state index contributed by atoms with van der Waals surface area (Å²) in [4.78, 5) is 0. The van der Waals surface area contributed by atoms with Crippen LogP contribution >= 0.6 is 8.51 Å². The summed E-state index contributed by atoms with van der Waals surface area (Å²) < 4.78 is 0.690. The monoisotopic (exact) mass is 268 g/mol. The summed E-state index contributed by atoms with van der Waals surface area (Å²) in [5.41, 5.74) is 0. The molecule has 0 saturated carbocycles. The molecule has 13 heavy (non-hydrogen) atoms. The average molecular weight is 270 g/mol. The average Bonchev–Trinajstić information content (AvgIpc) is 2.76. The van der Waals surface area contributed by atoms with Crippen molar-refractivity contribution < 1.29 is 22.0 Å². The van der Waals surface area contributed by atoms with Crippen molar-refractivity contribution in [2.75, 3.05) is 0 Å². The van der Waals surface area contributed by atoms with Gasteiger partial charge in [0.05, 0.1) is 0 Å². The van der Waals surface area contributed by atoms with Crippen molar-refractivity contribution in [2.24, 2.45) is 11.8 Å². The van der Waals surface area contributed by atoms with Gasteiger partial charge in [0, 0.05) is 0 Å². The molecule has 0 amide bonds. The van der Waals surface area contributed by atoms with Crippen LogP contribution < -0.4 is 0 Å². The SMILES string of the molecule is [Cl][Zr][CH](C1C=CC=C1)C1C=CC=C1. The van der Waals surface area contributed by atoms with Gasteiger partial charge in [-0.15, -0.1) is 0 Å². The van der Waals surface area contributed by atoms with Crippen LogP contribution in [-0.2, 0) is 22.0 Å². The van der Waals surface area contributed by atoms with Crippen LogP contribution in [0, 0.1) is 11.8 Å². The fourth-order valence-electron chi connectivity index (χ4n) is 1.78. The maximum atomic E-state index is 6.16. The van der Waals surface area contributed by atoms with E-state index in [1.807, 2.05) is 0 Å². The van der Waals surface area contributed by atoms with E-state index in [4.69, 9.17) is 8.51 Å². The predicted molar refractivity (Wildman–Crippen MR) is 53.1 cm³/mol. The van der Waals surface area contributed by atoms with Crippen LogP contribution in [0.5, 0.6) is 0 Å². The standard InChI is InChI=1S/C11H11.ClH.Zr/c1-2-6-10(5-1)9-11-7-3-4-8-11;;/h1-11H;1H;/q;;+1/p-1. The molecule has 0 saturated heterocycles. The summed E-state index contributed by atoms with van der Waals surface area (Å²) >= 11 is -0.729. The molecule has 0 aromatic carbocycles. The van der Waals surface area contributed by atoms with Gasteiger partial charge in [-0.3, -0.25) is 0 Å². The Kier molecular flexibility index (Phi) is 3.41. The van der Waals surface area contributed by atoms with Crippen LogP contribution in [0.1, 0.15) is 0 Å². The van der Waals surface area contributed by atoms with Crippen molar-refractivity contribution in [3.8, 4) is 0 Å². The number of hydrogen-bond donors (Lipinski definition) is 0. The molecule has 0 aromatic heterocycles. The Morgan fingerprint density at radius 3 is 1.54 bits per heavy atom. The van der Waals surface area contributed by atoms with Gasteiger partial charge in [0.25, 0.3) is 0 Å². The van der Waals surface area contributed by atoms with Crippen molar-refractivity contribution in [3.63, 3.8) is 0 Å². The van der Waals surface area contributed by atoms with E-state index in [0.29, 0.717) is 15.5 Å². The van der Waals surface area contributed by atoms with E-state index in [9.17, 15) is 0 Å². The van der Waals surface area contributed by atoms with E-state index >= 15 is 0 Å². The molecule has 0 heterocycles. The van der Waals surface area contributed by atoms with E-state index in [2.05, 4.69) is 48.6 Å². The zero-order valence-electron chi connectivity index (χ0n) is 7.23. The summed E-state index contributed by atoms with van der Waals surface area (Å²) in [5, 5.41) is 0. The summed E-state index contributed by atoms with van der Waals surface area (Å²) in [6, 6.07) is 0. The third-order valence-electron chi connectivity index (χ3n) is 2.51. The Balaban J connectivity index is 2.08. The molecule has 2 rings (SSSR count). The summed E-state index contributed by atoms with van der Waals surface area (Å²) in [7, 11) is 6.16. The molecule has 0 bridgehead atoms. The van der Waals surface area contributed by atoms with Gasteiger partial charge in [-0.25, -0.2) is 0 Å². The molecule has 66 valence electrons. The summed E-state index contributed by atoms with van der Waals surface area (Å²) in [5.74, 6) is 1.20. The molecule has 0 aromatic rings. The molecular weight excluding hydrogens is 259 g/mol. The van der Waals surface area contributed by atoms with Gasteiger partial charge < -0.3 is 0 Å². The fraction of sp³-hybridized carbons (Fsp3) is 0.273. The van der Waals surface area contributed by atoms with Gasteiger partial charge >= 0.3 is 94.6 Å². The normalized spacial score (nSPS) is 21.1. The molecule has 2 aliphatic rings. The number of hydrogen-bond acceptors (Lipinski definition) is 0. The van der Waals surface area contributed by atoms with Gasteiger partial charge in [-0.2, -0.15) is 0 Å². The minimum absolute atomic E-state index is 0.599. The molecule has 0 N–H and O–H groups in total. The Morgan fingerprint density at radius 2 is 1.23 bits per heavy atom. The van der Waals surface area contributed by atoms with Crippen LogP contribution in [0.15, 0.2) is 48.6 Å². The second-order valence-electron chi connectivity index (χ2n) is 3.33. The number of halogens is 1. The van der Waals surface area contributed by atoms with E-state index in [0.717, 1.165) is 0 Å². The van der Waals surface area contributed by atoms with Crippen molar-refractivity contribution in [1.29, 1.82) is 0 Å². The van der Waals surface area contributed by atoms with Crippen LogP contribution in [0.2, 0.25) is 3.63 Å². The first-order valence-corrected chi connectivity index (χ1v) is 9.06. The fourth-order valence-corrected chi connectivity index (χ4v) is 5.31. The molecule has 2 heteroatoms. The topological polar surface area (TPSA) is 0 Å². The van der Waals surface area contributed by atoms with E-state index < -0.39 is 22.0 Å². The second-order valence-corrected chi connectivity index (χ2v) is 6.80. The van der Waals surface area contributed by atoms with Crippen molar-refractivity contribution in [1.82, 2.24) is 0 Å². The molecule has 0 spiro atoms. The predicted octanol–water partition coefficient (Wildman–Crippen LogP) is 3.50. The van der Waals surface area contributed by atoms with Gasteiger partial charge in [0.15, 0.2) is 0 Å². The molecule has 0 aliphatic heterocycles. The molecule has 0 unspecified atom stereocenters. The van der Waals surface area contributed by atoms with Gasteiger partial charge in [0.1, 0.15) is 0 Å². The van der Waals surface area contributed by atoms with Crippen LogP contribution in [0.25, 0.3) is 0 Å². The molecular formula is C11H11ClZr. The Labute approximate surface area is 94.2 Å². The first-order chi connectivity index (χ1) is 6.42. The van der Waals surface area contributed by atoms with Crippen molar-refractivity contribution in [2.45, 2.75) is 3.63 Å². The van der Waals surface area contributed by atoms with Gasteiger partial charge in [-0.05, 0) is 0 Å². The Hall–Kier alpha value is 0.133. The zero-order chi connectivity index (χ0) is 9.10. The zero-order valence-corrected chi connectivity index (χ0v) is 10.4. The van der Waals surface area contributed by atoms with Crippen LogP contribution in [-0.4, -0.2) is 0 Å². The van der Waals surface area contributed by atoms with Gasteiger partial charge in [0.2, 0.25) is 0 Å². The molecule has 0 nitrogen and oxygen atoms in total. The second kappa shape index (κ2) is 4.57. The summed E-state index contributed by atoms with van der Waals surface area (Å²) in [6.07, 6.45) is 17.6. The molecule has 0 atom stereocenters. The first-order valence-electron chi connectivity index (χ1n) is 4.48. The van der Waals surface area contributed by atoms with Gasteiger partial charge in [-0.1, -0.05) is 0 Å². The molecule has 0 radical (unpaired) electrons. The first kappa shape index (κ1) is 9.68. The van der Waals surface area contributed by atoms with E-state index in [1.54, 1.807) is 0 Å². The quantitative estimate of drug-likeness (QED) is 0.736. The van der Waals surface area contributed by atoms with E-state index in [1.165, 1.54) is 0 Å². The van der Waals surface area contributed by atoms with Crippen molar-refractivity contribution in [3.05, 3.63) is 48.6 Å². The van der Waals surface area contributed by atoms with Crippen LogP contribution in [0.4, 0.5) is 0 Å². The number of allylic oxidation sites excluding steroid dienone is 8. The summed E-state index contributed by atoms with van der Waals surface area (Å²) in [6.45, 7) is 0. The number of rotatable bonds is 3. The molecule has 2 aliphatic carbocycles.